The fraction of sp³-hybridized carbons (Fsp3) is 0.462. The summed E-state index contributed by atoms with van der Waals surface area (Å²) >= 11 is 1.90. The molecule has 0 saturated heterocycles. The van der Waals surface area contributed by atoms with Crippen molar-refractivity contribution in [1.82, 2.24) is 0 Å². The molecule has 1 atom stereocenters. The first-order valence-electron chi connectivity index (χ1n) is 5.62. The molecule has 0 bridgehead atoms. The smallest absolute Gasteiger partial charge is 0.120 e. The van der Waals surface area contributed by atoms with Crippen LogP contribution in [0.1, 0.15) is 18.4 Å². The maximum Gasteiger partial charge on any atom is 0.120 e. The van der Waals surface area contributed by atoms with Crippen molar-refractivity contribution >= 4 is 18.0 Å². The highest BCUT2D eigenvalue weighted by atomic mass is 32.2. The third-order valence-corrected chi connectivity index (χ3v) is 3.61. The minimum atomic E-state index is 0.362. The molecule has 0 aliphatic rings. The Morgan fingerprint density at radius 3 is 2.69 bits per heavy atom. The zero-order valence-electron chi connectivity index (χ0n) is 9.47. The molecule has 0 aromatic heterocycles. The molecule has 0 spiro atoms. The van der Waals surface area contributed by atoms with Crippen molar-refractivity contribution in [2.75, 3.05) is 12.3 Å². The van der Waals surface area contributed by atoms with Gasteiger partial charge in [0.2, 0.25) is 0 Å². The van der Waals surface area contributed by atoms with Gasteiger partial charge in [0.1, 0.15) is 6.29 Å². The Morgan fingerprint density at radius 1 is 1.31 bits per heavy atom. The predicted molar refractivity (Wildman–Crippen MR) is 70.4 cm³/mol. The minimum Gasteiger partial charge on any atom is -0.330 e. The molecule has 0 amide bonds. The van der Waals surface area contributed by atoms with Crippen molar-refractivity contribution in [2.45, 2.75) is 18.6 Å². The van der Waals surface area contributed by atoms with E-state index in [0.29, 0.717) is 18.9 Å². The molecular formula is C13H19NOS. The highest BCUT2D eigenvalue weighted by Crippen LogP contribution is 2.16. The van der Waals surface area contributed by atoms with Crippen LogP contribution >= 0.6 is 11.8 Å². The molecule has 0 fully saturated rings. The van der Waals surface area contributed by atoms with Gasteiger partial charge in [0, 0.05) is 12.2 Å². The molecular weight excluding hydrogens is 218 g/mol. The molecule has 1 aromatic rings. The van der Waals surface area contributed by atoms with E-state index in [1.165, 1.54) is 5.56 Å². The molecule has 2 nitrogen and oxygen atoms in total. The van der Waals surface area contributed by atoms with Crippen LogP contribution < -0.4 is 5.73 Å². The number of carbonyl (C=O) groups is 1. The first-order chi connectivity index (χ1) is 7.86. The topological polar surface area (TPSA) is 43.1 Å². The molecule has 0 aliphatic carbocycles. The number of nitrogens with two attached hydrogens (primary N) is 1. The van der Waals surface area contributed by atoms with Crippen LogP contribution in [0.5, 0.6) is 0 Å². The van der Waals surface area contributed by atoms with Gasteiger partial charge in [-0.05, 0) is 30.2 Å². The summed E-state index contributed by atoms with van der Waals surface area (Å²) < 4.78 is 0. The summed E-state index contributed by atoms with van der Waals surface area (Å²) in [5.74, 6) is 2.48. The van der Waals surface area contributed by atoms with Crippen molar-refractivity contribution in [1.29, 1.82) is 0 Å². The minimum absolute atomic E-state index is 0.362. The lowest BCUT2D eigenvalue weighted by Gasteiger charge is -2.10. The van der Waals surface area contributed by atoms with Crippen LogP contribution in [0.25, 0.3) is 0 Å². The highest BCUT2D eigenvalue weighted by molar-refractivity contribution is 7.98. The van der Waals surface area contributed by atoms with Crippen molar-refractivity contribution in [2.24, 2.45) is 11.7 Å². The van der Waals surface area contributed by atoms with Gasteiger partial charge >= 0.3 is 0 Å². The van der Waals surface area contributed by atoms with Gasteiger partial charge in [0.15, 0.2) is 0 Å². The van der Waals surface area contributed by atoms with Crippen LogP contribution in [0.15, 0.2) is 30.3 Å². The average Bonchev–Trinajstić information content (AvgIpc) is 2.34. The fourth-order valence-corrected chi connectivity index (χ4v) is 2.55. The Bertz CT molecular complexity index is 289. The summed E-state index contributed by atoms with van der Waals surface area (Å²) in [4.78, 5) is 10.4. The molecule has 0 heterocycles. The van der Waals surface area contributed by atoms with Crippen molar-refractivity contribution < 1.29 is 4.79 Å². The van der Waals surface area contributed by atoms with Gasteiger partial charge in [-0.2, -0.15) is 11.8 Å². The van der Waals surface area contributed by atoms with E-state index in [0.717, 1.165) is 24.2 Å². The molecule has 1 rings (SSSR count). The lowest BCUT2D eigenvalue weighted by atomic mass is 10.0. The summed E-state index contributed by atoms with van der Waals surface area (Å²) in [5, 5.41) is 0. The van der Waals surface area contributed by atoms with Gasteiger partial charge in [-0.3, -0.25) is 0 Å². The molecule has 0 radical (unpaired) electrons. The van der Waals surface area contributed by atoms with Crippen LogP contribution in [0.3, 0.4) is 0 Å². The molecule has 1 aromatic carbocycles. The lowest BCUT2D eigenvalue weighted by molar-refractivity contribution is -0.108. The number of thioether (sulfide) groups is 1. The maximum atomic E-state index is 10.4. The summed E-state index contributed by atoms with van der Waals surface area (Å²) in [6, 6.07) is 10.4. The standard InChI is InChI=1S/C13H19NOS/c14-10-12(6-8-15)7-9-16-11-13-4-2-1-3-5-13/h1-5,8,12H,6-7,9-11,14H2. The van der Waals surface area contributed by atoms with E-state index in [1.54, 1.807) is 0 Å². The van der Waals surface area contributed by atoms with E-state index in [1.807, 2.05) is 17.8 Å². The maximum absolute atomic E-state index is 10.4. The Balaban J connectivity index is 2.13. The number of aldehydes is 1. The van der Waals surface area contributed by atoms with E-state index in [4.69, 9.17) is 5.73 Å². The van der Waals surface area contributed by atoms with Crippen molar-refractivity contribution in [3.8, 4) is 0 Å². The number of hydrogen-bond donors (Lipinski definition) is 1. The zero-order valence-corrected chi connectivity index (χ0v) is 10.3. The van der Waals surface area contributed by atoms with E-state index >= 15 is 0 Å². The van der Waals surface area contributed by atoms with Gasteiger partial charge < -0.3 is 10.5 Å². The number of hydrogen-bond acceptors (Lipinski definition) is 3. The molecule has 16 heavy (non-hydrogen) atoms. The van der Waals surface area contributed by atoms with Gasteiger partial charge in [0.25, 0.3) is 0 Å². The monoisotopic (exact) mass is 237 g/mol. The van der Waals surface area contributed by atoms with Gasteiger partial charge in [-0.25, -0.2) is 0 Å². The van der Waals surface area contributed by atoms with Crippen LogP contribution in [0, 0.1) is 5.92 Å². The Hall–Kier alpha value is -0.800. The van der Waals surface area contributed by atoms with Crippen molar-refractivity contribution in [3.05, 3.63) is 35.9 Å². The molecule has 0 saturated carbocycles. The second kappa shape index (κ2) is 8.36. The Kier molecular flexibility index (Phi) is 6.93. The zero-order chi connectivity index (χ0) is 11.6. The highest BCUT2D eigenvalue weighted by Gasteiger charge is 2.05. The van der Waals surface area contributed by atoms with E-state index in [-0.39, 0.29) is 0 Å². The molecule has 0 aliphatic heterocycles. The van der Waals surface area contributed by atoms with Gasteiger partial charge in [-0.1, -0.05) is 30.3 Å². The second-order valence-corrected chi connectivity index (χ2v) is 4.94. The Morgan fingerprint density at radius 2 is 2.06 bits per heavy atom. The first-order valence-corrected chi connectivity index (χ1v) is 6.77. The van der Waals surface area contributed by atoms with E-state index in [9.17, 15) is 4.79 Å². The quantitative estimate of drug-likeness (QED) is 0.558. The second-order valence-electron chi connectivity index (χ2n) is 3.83. The van der Waals surface area contributed by atoms with Crippen molar-refractivity contribution in [3.63, 3.8) is 0 Å². The largest absolute Gasteiger partial charge is 0.330 e. The van der Waals surface area contributed by atoms with E-state index < -0.39 is 0 Å². The SMILES string of the molecule is NCC(CC=O)CCSCc1ccccc1. The third kappa shape index (κ3) is 5.33. The summed E-state index contributed by atoms with van der Waals surface area (Å²) in [6.07, 6.45) is 2.61. The van der Waals surface area contributed by atoms with Crippen LogP contribution in [-0.2, 0) is 10.5 Å². The molecule has 1 unspecified atom stereocenters. The number of rotatable bonds is 8. The molecule has 2 N–H and O–H groups in total. The van der Waals surface area contributed by atoms with Crippen LogP contribution in [0.4, 0.5) is 0 Å². The summed E-state index contributed by atoms with van der Waals surface area (Å²) in [5.41, 5.74) is 6.94. The van der Waals surface area contributed by atoms with E-state index in [2.05, 4.69) is 24.3 Å². The molecule has 3 heteroatoms. The number of benzene rings is 1. The molecule has 88 valence electrons. The number of carbonyl (C=O) groups excluding carboxylic acids is 1. The fourth-order valence-electron chi connectivity index (χ4n) is 1.48. The van der Waals surface area contributed by atoms with Crippen LogP contribution in [0.2, 0.25) is 0 Å². The predicted octanol–water partition coefficient (Wildman–Crippen LogP) is 2.47. The van der Waals surface area contributed by atoms with Gasteiger partial charge in [0.05, 0.1) is 0 Å². The lowest BCUT2D eigenvalue weighted by Crippen LogP contribution is -2.15. The normalized spacial score (nSPS) is 12.3. The summed E-state index contributed by atoms with van der Waals surface area (Å²) in [7, 11) is 0. The average molecular weight is 237 g/mol. The van der Waals surface area contributed by atoms with Gasteiger partial charge in [-0.15, -0.1) is 0 Å². The summed E-state index contributed by atoms with van der Waals surface area (Å²) in [6.45, 7) is 0.616. The Labute approximate surface area is 102 Å². The first kappa shape index (κ1) is 13.3. The van der Waals surface area contributed by atoms with Crippen LogP contribution in [-0.4, -0.2) is 18.6 Å². The third-order valence-electron chi connectivity index (χ3n) is 2.54.